The van der Waals surface area contributed by atoms with Crippen LogP contribution in [0, 0.1) is 11.6 Å². The second kappa shape index (κ2) is 8.63. The minimum Gasteiger partial charge on any atom is -0.356 e. The lowest BCUT2D eigenvalue weighted by atomic mass is 9.92. The third-order valence-electron chi connectivity index (χ3n) is 5.14. The number of carbonyl (C=O) groups is 4. The molecule has 9 heteroatoms. The van der Waals surface area contributed by atoms with Gasteiger partial charge in [-0.05, 0) is 42.7 Å². The molecule has 0 spiro atoms. The number of ketones is 1. The molecule has 0 radical (unpaired) electrons. The second-order valence-corrected chi connectivity index (χ2v) is 7.42. The van der Waals surface area contributed by atoms with E-state index >= 15 is 0 Å². The highest BCUT2D eigenvalue weighted by atomic mass is 19.1. The Hall–Kier alpha value is -3.62. The van der Waals surface area contributed by atoms with Crippen molar-refractivity contribution in [1.29, 1.82) is 0 Å². The fourth-order valence-corrected chi connectivity index (χ4v) is 3.35. The number of carbonyl (C=O) groups excluding carboxylic acids is 4. The van der Waals surface area contributed by atoms with Crippen LogP contribution in [0.15, 0.2) is 42.5 Å². The molecule has 2 N–H and O–H groups in total. The molecule has 0 bridgehead atoms. The predicted octanol–water partition coefficient (Wildman–Crippen LogP) is 2.29. The monoisotopic (exact) mass is 429 g/mol. The third kappa shape index (κ3) is 4.60. The summed E-state index contributed by atoms with van der Waals surface area (Å²) in [6.07, 6.45) is 0.253. The van der Waals surface area contributed by atoms with E-state index in [1.54, 1.807) is 0 Å². The largest absolute Gasteiger partial charge is 0.356 e. The minimum atomic E-state index is -1.44. The highest BCUT2D eigenvalue weighted by Gasteiger charge is 2.49. The van der Waals surface area contributed by atoms with Gasteiger partial charge < -0.3 is 10.6 Å². The molecule has 7 nitrogen and oxygen atoms in total. The van der Waals surface area contributed by atoms with Crippen molar-refractivity contribution in [3.05, 3.63) is 70.8 Å². The zero-order chi connectivity index (χ0) is 22.8. The van der Waals surface area contributed by atoms with Gasteiger partial charge in [0.15, 0.2) is 5.78 Å². The first-order chi connectivity index (χ1) is 14.6. The summed E-state index contributed by atoms with van der Waals surface area (Å²) in [7, 11) is 0. The van der Waals surface area contributed by atoms with E-state index in [0.29, 0.717) is 11.1 Å². The SMILES string of the molecule is CC(=O)NCCc1ccc(C(=O)CN2C(=O)NC(C)(c3ccc(F)cc3)C2=O)cc1F. The molecule has 2 aromatic rings. The number of hydrogen-bond acceptors (Lipinski definition) is 4. The normalized spacial score (nSPS) is 18.1. The van der Waals surface area contributed by atoms with Crippen molar-refractivity contribution in [2.75, 3.05) is 13.1 Å². The summed E-state index contributed by atoms with van der Waals surface area (Å²) in [5.74, 6) is -2.61. The average molecular weight is 429 g/mol. The molecule has 1 heterocycles. The number of nitrogens with one attached hydrogen (secondary N) is 2. The quantitative estimate of drug-likeness (QED) is 0.522. The van der Waals surface area contributed by atoms with Crippen molar-refractivity contribution in [1.82, 2.24) is 15.5 Å². The van der Waals surface area contributed by atoms with Crippen LogP contribution in [0.4, 0.5) is 13.6 Å². The molecule has 1 aliphatic rings. The van der Waals surface area contributed by atoms with E-state index in [9.17, 15) is 28.0 Å². The Labute approximate surface area is 177 Å². The van der Waals surface area contributed by atoms with Crippen LogP contribution in [-0.4, -0.2) is 41.6 Å². The molecular weight excluding hydrogens is 408 g/mol. The Balaban J connectivity index is 1.72. The average Bonchev–Trinajstić information content (AvgIpc) is 2.93. The van der Waals surface area contributed by atoms with Crippen molar-refractivity contribution >= 4 is 23.6 Å². The molecule has 1 unspecified atom stereocenters. The molecule has 2 aromatic carbocycles. The summed E-state index contributed by atoms with van der Waals surface area (Å²) in [6, 6.07) is 8.22. The Morgan fingerprint density at radius 3 is 2.39 bits per heavy atom. The van der Waals surface area contributed by atoms with Crippen molar-refractivity contribution in [2.45, 2.75) is 25.8 Å². The number of imide groups is 1. The van der Waals surface area contributed by atoms with Gasteiger partial charge >= 0.3 is 6.03 Å². The third-order valence-corrected chi connectivity index (χ3v) is 5.14. The van der Waals surface area contributed by atoms with Gasteiger partial charge in [-0.3, -0.25) is 19.3 Å². The first kappa shape index (κ1) is 22.1. The number of rotatable bonds is 7. The van der Waals surface area contributed by atoms with Gasteiger partial charge in [-0.2, -0.15) is 0 Å². The molecular formula is C22H21F2N3O4. The van der Waals surface area contributed by atoms with Crippen LogP contribution in [0.2, 0.25) is 0 Å². The van der Waals surface area contributed by atoms with Crippen LogP contribution < -0.4 is 10.6 Å². The molecule has 3 rings (SSSR count). The summed E-state index contributed by atoms with van der Waals surface area (Å²) in [4.78, 5) is 49.5. The molecule has 4 amide bonds. The lowest BCUT2D eigenvalue weighted by Gasteiger charge is -2.22. The highest BCUT2D eigenvalue weighted by Crippen LogP contribution is 2.29. The maximum Gasteiger partial charge on any atom is 0.325 e. The van der Waals surface area contributed by atoms with Crippen molar-refractivity contribution in [2.24, 2.45) is 0 Å². The van der Waals surface area contributed by atoms with Gasteiger partial charge in [0, 0.05) is 19.0 Å². The van der Waals surface area contributed by atoms with Gasteiger partial charge in [0.2, 0.25) is 5.91 Å². The number of halogens is 2. The molecule has 0 saturated carbocycles. The number of amides is 4. The van der Waals surface area contributed by atoms with E-state index in [1.807, 2.05) is 0 Å². The van der Waals surface area contributed by atoms with E-state index in [0.717, 1.165) is 11.0 Å². The van der Waals surface area contributed by atoms with E-state index in [-0.39, 0.29) is 24.4 Å². The van der Waals surface area contributed by atoms with Gasteiger partial charge in [-0.15, -0.1) is 0 Å². The Morgan fingerprint density at radius 1 is 1.10 bits per heavy atom. The molecule has 1 aliphatic heterocycles. The summed E-state index contributed by atoms with van der Waals surface area (Å²) >= 11 is 0. The molecule has 1 saturated heterocycles. The van der Waals surface area contributed by atoms with Crippen LogP contribution in [0.3, 0.4) is 0 Å². The maximum absolute atomic E-state index is 14.3. The van der Waals surface area contributed by atoms with Crippen LogP contribution in [0.25, 0.3) is 0 Å². The first-order valence-corrected chi connectivity index (χ1v) is 9.58. The zero-order valence-corrected chi connectivity index (χ0v) is 17.0. The Kier molecular flexibility index (Phi) is 6.14. The molecule has 0 aliphatic carbocycles. The van der Waals surface area contributed by atoms with Crippen LogP contribution in [-0.2, 0) is 21.5 Å². The van der Waals surface area contributed by atoms with E-state index in [1.165, 1.54) is 50.2 Å². The molecule has 162 valence electrons. The topological polar surface area (TPSA) is 95.6 Å². The number of Topliss-reactive ketones (excluding diaryl/α,β-unsaturated/α-hetero) is 1. The van der Waals surface area contributed by atoms with Gasteiger partial charge in [0.1, 0.15) is 17.2 Å². The van der Waals surface area contributed by atoms with Crippen molar-refractivity contribution in [3.63, 3.8) is 0 Å². The van der Waals surface area contributed by atoms with E-state index < -0.39 is 41.4 Å². The standard InChI is InChI=1S/C22H21F2N3O4/c1-13(28)25-10-9-14-3-4-15(11-18(14)24)19(29)12-27-20(30)22(2,26-21(27)31)16-5-7-17(23)8-6-16/h3-8,11H,9-10,12H2,1-2H3,(H,25,28)(H,26,31). The first-order valence-electron chi connectivity index (χ1n) is 9.58. The summed E-state index contributed by atoms with van der Waals surface area (Å²) in [6.45, 7) is 2.51. The summed E-state index contributed by atoms with van der Waals surface area (Å²) < 4.78 is 27.5. The van der Waals surface area contributed by atoms with Crippen LogP contribution >= 0.6 is 0 Å². The molecule has 0 aromatic heterocycles. The highest BCUT2D eigenvalue weighted by molar-refractivity contribution is 6.11. The van der Waals surface area contributed by atoms with Gasteiger partial charge in [0.25, 0.3) is 5.91 Å². The predicted molar refractivity (Wildman–Crippen MR) is 107 cm³/mol. The van der Waals surface area contributed by atoms with Crippen molar-refractivity contribution in [3.8, 4) is 0 Å². The van der Waals surface area contributed by atoms with Gasteiger partial charge in [0.05, 0.1) is 6.54 Å². The summed E-state index contributed by atoms with van der Waals surface area (Å²) in [5.41, 5.74) is -0.734. The smallest absolute Gasteiger partial charge is 0.325 e. The van der Waals surface area contributed by atoms with Gasteiger partial charge in [-0.25, -0.2) is 13.6 Å². The van der Waals surface area contributed by atoms with Gasteiger partial charge in [-0.1, -0.05) is 24.3 Å². The second-order valence-electron chi connectivity index (χ2n) is 7.42. The summed E-state index contributed by atoms with van der Waals surface area (Å²) in [5, 5.41) is 5.09. The van der Waals surface area contributed by atoms with E-state index in [2.05, 4.69) is 10.6 Å². The molecule has 1 atom stereocenters. The van der Waals surface area contributed by atoms with Crippen molar-refractivity contribution < 1.29 is 28.0 Å². The molecule has 1 fully saturated rings. The van der Waals surface area contributed by atoms with Crippen LogP contribution in [0.5, 0.6) is 0 Å². The maximum atomic E-state index is 14.3. The lowest BCUT2D eigenvalue weighted by Crippen LogP contribution is -2.41. The fraction of sp³-hybridized carbons (Fsp3) is 0.273. The Bertz CT molecular complexity index is 1060. The lowest BCUT2D eigenvalue weighted by molar-refractivity contribution is -0.130. The number of benzene rings is 2. The Morgan fingerprint density at radius 2 is 1.77 bits per heavy atom. The van der Waals surface area contributed by atoms with Crippen LogP contribution in [0.1, 0.15) is 35.3 Å². The zero-order valence-electron chi connectivity index (χ0n) is 17.0. The number of hydrogen-bond donors (Lipinski definition) is 2. The van der Waals surface area contributed by atoms with E-state index in [4.69, 9.17) is 0 Å². The number of urea groups is 1. The molecule has 31 heavy (non-hydrogen) atoms. The minimum absolute atomic E-state index is 0.0109. The number of nitrogens with zero attached hydrogens (tertiary/aromatic N) is 1. The fourth-order valence-electron chi connectivity index (χ4n) is 3.35.